The number of hydrogen-bond acceptors (Lipinski definition) is 7. The second-order valence-corrected chi connectivity index (χ2v) is 9.41. The van der Waals surface area contributed by atoms with Crippen molar-refractivity contribution in [2.24, 2.45) is 5.92 Å². The van der Waals surface area contributed by atoms with E-state index in [2.05, 4.69) is 20.6 Å². The van der Waals surface area contributed by atoms with Gasteiger partial charge in [-0.05, 0) is 56.9 Å². The Hall–Kier alpha value is -3.27. The molecule has 2 N–H and O–H groups in total. The van der Waals surface area contributed by atoms with Crippen LogP contribution in [-0.2, 0) is 16.1 Å². The minimum absolute atomic E-state index is 0.0543. The molecule has 2 aromatic heterocycles. The molecule has 1 aliphatic rings. The van der Waals surface area contributed by atoms with Gasteiger partial charge in [0.1, 0.15) is 17.6 Å². The number of piperidine rings is 1. The lowest BCUT2D eigenvalue weighted by molar-refractivity contribution is -0.125. The Morgan fingerprint density at radius 2 is 1.97 bits per heavy atom. The van der Waals surface area contributed by atoms with Crippen molar-refractivity contribution in [3.63, 3.8) is 0 Å². The first-order chi connectivity index (χ1) is 15.8. The Balaban J connectivity index is 1.50. The van der Waals surface area contributed by atoms with E-state index in [0.29, 0.717) is 34.3 Å². The zero-order chi connectivity index (χ0) is 23.5. The Morgan fingerprint density at radius 3 is 2.70 bits per heavy atom. The molecule has 2 amide bonds. The van der Waals surface area contributed by atoms with Crippen molar-refractivity contribution in [1.29, 1.82) is 0 Å². The van der Waals surface area contributed by atoms with Crippen LogP contribution in [0.2, 0.25) is 0 Å². The van der Waals surface area contributed by atoms with Gasteiger partial charge in [-0.1, -0.05) is 17.4 Å². The van der Waals surface area contributed by atoms with Gasteiger partial charge in [-0.3, -0.25) is 19.0 Å². The van der Waals surface area contributed by atoms with E-state index in [1.807, 2.05) is 43.9 Å². The van der Waals surface area contributed by atoms with E-state index in [-0.39, 0.29) is 29.8 Å². The summed E-state index contributed by atoms with van der Waals surface area (Å²) in [6.45, 7) is 7.66. The van der Waals surface area contributed by atoms with Gasteiger partial charge in [0.2, 0.25) is 11.8 Å². The zero-order valence-corrected chi connectivity index (χ0v) is 19.9. The molecule has 0 aliphatic carbocycles. The van der Waals surface area contributed by atoms with E-state index in [1.165, 1.54) is 22.2 Å². The fourth-order valence-electron chi connectivity index (χ4n) is 4.17. The maximum Gasteiger partial charge on any atom is 0.273 e. The number of hydrogen-bond donors (Lipinski definition) is 2. The summed E-state index contributed by atoms with van der Waals surface area (Å²) in [7, 11) is 0. The van der Waals surface area contributed by atoms with Crippen molar-refractivity contribution in [3.05, 3.63) is 46.0 Å². The van der Waals surface area contributed by atoms with Gasteiger partial charge < -0.3 is 15.5 Å². The molecular weight excluding hydrogens is 440 g/mol. The Bertz CT molecular complexity index is 1230. The molecule has 1 aliphatic heterocycles. The molecule has 4 rings (SSSR count). The van der Waals surface area contributed by atoms with Gasteiger partial charge in [-0.2, -0.15) is 4.98 Å². The molecule has 174 valence electrons. The molecular formula is C23H28N6O3S. The second kappa shape index (κ2) is 9.70. The summed E-state index contributed by atoms with van der Waals surface area (Å²) >= 11 is 1.26. The molecule has 1 atom stereocenters. The van der Waals surface area contributed by atoms with Crippen LogP contribution in [0.4, 0.5) is 10.8 Å². The molecule has 0 saturated carbocycles. The maximum atomic E-state index is 13.0. The van der Waals surface area contributed by atoms with Crippen LogP contribution in [0.25, 0.3) is 10.3 Å². The number of rotatable bonds is 6. The minimum Gasteiger partial charge on any atom is -0.356 e. The first-order valence-electron chi connectivity index (χ1n) is 11.1. The molecule has 0 spiro atoms. The number of aromatic nitrogens is 3. The summed E-state index contributed by atoms with van der Waals surface area (Å²) in [4.78, 5) is 48.7. The van der Waals surface area contributed by atoms with Crippen LogP contribution in [0.1, 0.15) is 30.9 Å². The van der Waals surface area contributed by atoms with Crippen LogP contribution in [0.3, 0.4) is 0 Å². The number of aryl methyl sites for hydroxylation is 2. The van der Waals surface area contributed by atoms with Crippen LogP contribution in [0.5, 0.6) is 0 Å². The number of nitrogens with one attached hydrogen (secondary N) is 2. The monoisotopic (exact) mass is 468 g/mol. The summed E-state index contributed by atoms with van der Waals surface area (Å²) in [5.41, 5.74) is 2.87. The van der Waals surface area contributed by atoms with Gasteiger partial charge in [-0.25, -0.2) is 4.98 Å². The molecule has 1 unspecified atom stereocenters. The number of thiazole rings is 1. The number of benzene rings is 1. The molecule has 3 aromatic rings. The predicted octanol–water partition coefficient (Wildman–Crippen LogP) is 2.46. The van der Waals surface area contributed by atoms with E-state index < -0.39 is 0 Å². The average molecular weight is 469 g/mol. The van der Waals surface area contributed by atoms with Crippen LogP contribution < -0.4 is 21.1 Å². The standard InChI is InChI=1S/C23H28N6O3S/c1-4-24-21(31)16-6-5-7-28(11-16)23-27-20-19(33-23)22(32)29(13-25-20)12-18(30)26-17-9-14(2)8-15(3)10-17/h8-10,13,16H,4-7,11-12H2,1-3H3,(H,24,31)(H,26,30). The molecule has 1 fully saturated rings. The molecule has 1 aromatic carbocycles. The van der Waals surface area contributed by atoms with Crippen molar-refractivity contribution >= 4 is 44.3 Å². The van der Waals surface area contributed by atoms with E-state index >= 15 is 0 Å². The number of amides is 2. The summed E-state index contributed by atoms with van der Waals surface area (Å²) in [6, 6.07) is 5.80. The van der Waals surface area contributed by atoms with Gasteiger partial charge >= 0.3 is 0 Å². The first kappa shape index (κ1) is 22.9. The van der Waals surface area contributed by atoms with Crippen LogP contribution in [0.15, 0.2) is 29.3 Å². The van der Waals surface area contributed by atoms with Crippen molar-refractivity contribution in [2.75, 3.05) is 29.9 Å². The molecule has 10 heteroatoms. The molecule has 1 saturated heterocycles. The van der Waals surface area contributed by atoms with Crippen LogP contribution in [0, 0.1) is 19.8 Å². The van der Waals surface area contributed by atoms with Crippen LogP contribution >= 0.6 is 11.3 Å². The summed E-state index contributed by atoms with van der Waals surface area (Å²) in [5.74, 6) is -0.336. The number of carbonyl (C=O) groups is 2. The average Bonchev–Trinajstić information content (AvgIpc) is 3.20. The van der Waals surface area contributed by atoms with Crippen molar-refractivity contribution in [3.8, 4) is 0 Å². The zero-order valence-electron chi connectivity index (χ0n) is 19.1. The summed E-state index contributed by atoms with van der Waals surface area (Å²) in [6.07, 6.45) is 3.09. The highest BCUT2D eigenvalue weighted by atomic mass is 32.1. The molecule has 33 heavy (non-hydrogen) atoms. The largest absolute Gasteiger partial charge is 0.356 e. The fraction of sp³-hybridized carbons (Fsp3) is 0.435. The third-order valence-corrected chi connectivity index (χ3v) is 6.70. The third-order valence-electron chi connectivity index (χ3n) is 5.61. The van der Waals surface area contributed by atoms with Gasteiger partial charge in [-0.15, -0.1) is 0 Å². The van der Waals surface area contributed by atoms with Crippen molar-refractivity contribution < 1.29 is 9.59 Å². The van der Waals surface area contributed by atoms with Crippen molar-refractivity contribution in [1.82, 2.24) is 19.9 Å². The first-order valence-corrected chi connectivity index (χ1v) is 11.9. The number of anilines is 2. The summed E-state index contributed by atoms with van der Waals surface area (Å²) in [5, 5.41) is 6.41. The SMILES string of the molecule is CCNC(=O)C1CCCN(c2nc3ncn(CC(=O)Nc4cc(C)cc(C)c4)c(=O)c3s2)C1. The highest BCUT2D eigenvalue weighted by molar-refractivity contribution is 7.22. The van der Waals surface area contributed by atoms with Crippen molar-refractivity contribution in [2.45, 2.75) is 40.2 Å². The lowest BCUT2D eigenvalue weighted by Gasteiger charge is -2.31. The quantitative estimate of drug-likeness (QED) is 0.575. The molecule has 3 heterocycles. The van der Waals surface area contributed by atoms with E-state index in [9.17, 15) is 14.4 Å². The fourth-order valence-corrected chi connectivity index (χ4v) is 5.17. The number of fused-ring (bicyclic) bond motifs is 1. The maximum absolute atomic E-state index is 13.0. The Kier molecular flexibility index (Phi) is 6.73. The normalized spacial score (nSPS) is 16.1. The smallest absolute Gasteiger partial charge is 0.273 e. The van der Waals surface area contributed by atoms with Gasteiger partial charge in [0.25, 0.3) is 5.56 Å². The third kappa shape index (κ3) is 5.22. The molecule has 0 radical (unpaired) electrons. The predicted molar refractivity (Wildman–Crippen MR) is 130 cm³/mol. The van der Waals surface area contributed by atoms with Gasteiger partial charge in [0, 0.05) is 25.3 Å². The summed E-state index contributed by atoms with van der Waals surface area (Å²) < 4.78 is 1.71. The number of carbonyl (C=O) groups excluding carboxylic acids is 2. The Labute approximate surface area is 195 Å². The molecule has 0 bridgehead atoms. The van der Waals surface area contributed by atoms with E-state index in [1.54, 1.807) is 0 Å². The second-order valence-electron chi connectivity index (χ2n) is 8.43. The minimum atomic E-state index is -0.297. The molecule has 9 nitrogen and oxygen atoms in total. The highest BCUT2D eigenvalue weighted by Gasteiger charge is 2.27. The lowest BCUT2D eigenvalue weighted by Crippen LogP contribution is -2.43. The number of nitrogens with zero attached hydrogens (tertiary/aromatic N) is 4. The van der Waals surface area contributed by atoms with E-state index in [4.69, 9.17) is 0 Å². The van der Waals surface area contributed by atoms with Crippen LogP contribution in [-0.4, -0.2) is 46.0 Å². The van der Waals surface area contributed by atoms with Gasteiger partial charge in [0.15, 0.2) is 10.8 Å². The lowest BCUT2D eigenvalue weighted by atomic mass is 9.97. The Morgan fingerprint density at radius 1 is 1.21 bits per heavy atom. The van der Waals surface area contributed by atoms with Gasteiger partial charge in [0.05, 0.1) is 5.92 Å². The van der Waals surface area contributed by atoms with E-state index in [0.717, 1.165) is 30.5 Å². The topological polar surface area (TPSA) is 109 Å². The highest BCUT2D eigenvalue weighted by Crippen LogP contribution is 2.29.